The lowest BCUT2D eigenvalue weighted by molar-refractivity contribution is -0.140. The van der Waals surface area contributed by atoms with E-state index in [4.69, 9.17) is 5.11 Å². The third-order valence-corrected chi connectivity index (χ3v) is 4.45. The third-order valence-electron chi connectivity index (χ3n) is 2.05. The summed E-state index contributed by atoms with van der Waals surface area (Å²) in [6.07, 6.45) is 0. The van der Waals surface area contributed by atoms with Crippen LogP contribution in [0.3, 0.4) is 0 Å². The maximum Gasteiger partial charge on any atom is 0.307 e. The number of benzene rings is 1. The first-order chi connectivity index (χ1) is 7.33. The molecule has 0 aromatic heterocycles. The van der Waals surface area contributed by atoms with Crippen LogP contribution in [0.5, 0.6) is 0 Å². The zero-order valence-electron chi connectivity index (χ0n) is 8.55. The molecular formula is C10H11BrO4S. The number of halogens is 1. The highest BCUT2D eigenvalue weighted by Crippen LogP contribution is 2.19. The first-order valence-electron chi connectivity index (χ1n) is 4.54. The van der Waals surface area contributed by atoms with Crippen LogP contribution in [0.4, 0.5) is 0 Å². The van der Waals surface area contributed by atoms with Gasteiger partial charge >= 0.3 is 5.97 Å². The summed E-state index contributed by atoms with van der Waals surface area (Å²) in [7, 11) is -3.54. The first-order valence-corrected chi connectivity index (χ1v) is 6.98. The molecule has 1 N–H and O–H groups in total. The standard InChI is InChI=1S/C10H11BrO4S/c1-7(10(12)13)6-16(14,15)9-4-2-3-8(11)5-9/h2-5,7H,6H2,1H3,(H,12,13). The SMILES string of the molecule is CC(CS(=O)(=O)c1cccc(Br)c1)C(=O)O. The van der Waals surface area contributed by atoms with Crippen LogP contribution in [0, 0.1) is 5.92 Å². The number of carboxylic acids is 1. The Labute approximate surface area is 102 Å². The smallest absolute Gasteiger partial charge is 0.307 e. The third kappa shape index (κ3) is 3.31. The van der Waals surface area contributed by atoms with Crippen molar-refractivity contribution in [2.75, 3.05) is 5.75 Å². The molecule has 1 rings (SSSR count). The second kappa shape index (κ2) is 4.97. The minimum atomic E-state index is -3.54. The van der Waals surface area contributed by atoms with Crippen LogP contribution >= 0.6 is 15.9 Å². The van der Waals surface area contributed by atoms with Crippen LogP contribution in [-0.4, -0.2) is 25.2 Å². The van der Waals surface area contributed by atoms with Crippen LogP contribution in [0.1, 0.15) is 6.92 Å². The lowest BCUT2D eigenvalue weighted by Crippen LogP contribution is -2.21. The quantitative estimate of drug-likeness (QED) is 0.923. The van der Waals surface area contributed by atoms with Gasteiger partial charge in [0.15, 0.2) is 9.84 Å². The minimum Gasteiger partial charge on any atom is -0.481 e. The molecule has 6 heteroatoms. The molecule has 0 radical (unpaired) electrons. The fourth-order valence-corrected chi connectivity index (χ4v) is 3.29. The number of hydrogen-bond acceptors (Lipinski definition) is 3. The van der Waals surface area contributed by atoms with Gasteiger partial charge < -0.3 is 5.11 Å². The second-order valence-corrected chi connectivity index (χ2v) is 6.43. The lowest BCUT2D eigenvalue weighted by Gasteiger charge is -2.07. The predicted molar refractivity (Wildman–Crippen MR) is 63.0 cm³/mol. The normalized spacial score (nSPS) is 13.4. The van der Waals surface area contributed by atoms with Crippen molar-refractivity contribution >= 4 is 31.7 Å². The Hall–Kier alpha value is -0.880. The topological polar surface area (TPSA) is 71.4 Å². The van der Waals surface area contributed by atoms with Gasteiger partial charge in [-0.25, -0.2) is 8.42 Å². The average Bonchev–Trinajstić information content (AvgIpc) is 2.17. The highest BCUT2D eigenvalue weighted by Gasteiger charge is 2.22. The van der Waals surface area contributed by atoms with E-state index >= 15 is 0 Å². The van der Waals surface area contributed by atoms with Gasteiger partial charge in [-0.3, -0.25) is 4.79 Å². The molecule has 0 aliphatic carbocycles. The molecule has 0 aliphatic rings. The van der Waals surface area contributed by atoms with E-state index in [9.17, 15) is 13.2 Å². The number of aliphatic carboxylic acids is 1. The van der Waals surface area contributed by atoms with Crippen LogP contribution in [0.2, 0.25) is 0 Å². The molecule has 16 heavy (non-hydrogen) atoms. The Morgan fingerprint density at radius 3 is 2.62 bits per heavy atom. The Morgan fingerprint density at radius 2 is 2.12 bits per heavy atom. The summed E-state index contributed by atoms with van der Waals surface area (Å²) >= 11 is 3.17. The van der Waals surface area contributed by atoms with E-state index in [0.717, 1.165) is 0 Å². The molecule has 88 valence electrons. The molecule has 1 aromatic rings. The van der Waals surface area contributed by atoms with Crippen molar-refractivity contribution in [2.45, 2.75) is 11.8 Å². The van der Waals surface area contributed by atoms with E-state index in [1.54, 1.807) is 12.1 Å². The predicted octanol–water partition coefficient (Wildman–Crippen LogP) is 1.94. The number of hydrogen-bond donors (Lipinski definition) is 1. The Kier molecular flexibility index (Phi) is 4.09. The van der Waals surface area contributed by atoms with E-state index < -0.39 is 27.5 Å². The monoisotopic (exact) mass is 306 g/mol. The minimum absolute atomic E-state index is 0.134. The van der Waals surface area contributed by atoms with Gasteiger partial charge in [0.1, 0.15) is 0 Å². The zero-order valence-corrected chi connectivity index (χ0v) is 11.0. The first kappa shape index (κ1) is 13.2. The molecule has 4 nitrogen and oxygen atoms in total. The van der Waals surface area contributed by atoms with Gasteiger partial charge in [-0.1, -0.05) is 28.9 Å². The molecule has 0 spiro atoms. The Balaban J connectivity index is 2.99. The van der Waals surface area contributed by atoms with Crippen molar-refractivity contribution < 1.29 is 18.3 Å². The van der Waals surface area contributed by atoms with Crippen LogP contribution in [0.15, 0.2) is 33.6 Å². The maximum atomic E-state index is 11.8. The van der Waals surface area contributed by atoms with E-state index in [0.29, 0.717) is 4.47 Å². The van der Waals surface area contributed by atoms with Crippen molar-refractivity contribution in [3.05, 3.63) is 28.7 Å². The van der Waals surface area contributed by atoms with Crippen LogP contribution < -0.4 is 0 Å². The summed E-state index contributed by atoms with van der Waals surface area (Å²) in [6.45, 7) is 1.37. The molecule has 0 saturated carbocycles. The Morgan fingerprint density at radius 1 is 1.50 bits per heavy atom. The molecular weight excluding hydrogens is 296 g/mol. The van der Waals surface area contributed by atoms with Crippen molar-refractivity contribution in [3.8, 4) is 0 Å². The molecule has 1 atom stereocenters. The van der Waals surface area contributed by atoms with Gasteiger partial charge in [0.2, 0.25) is 0 Å². The summed E-state index contributed by atoms with van der Waals surface area (Å²) < 4.78 is 24.3. The van der Waals surface area contributed by atoms with Crippen molar-refractivity contribution in [1.29, 1.82) is 0 Å². The summed E-state index contributed by atoms with van der Waals surface area (Å²) in [4.78, 5) is 10.7. The number of carboxylic acid groups (broad SMARTS) is 1. The van der Waals surface area contributed by atoms with Crippen LogP contribution in [-0.2, 0) is 14.6 Å². The molecule has 0 heterocycles. The van der Waals surface area contributed by atoms with Crippen molar-refractivity contribution in [1.82, 2.24) is 0 Å². The van der Waals surface area contributed by atoms with E-state index in [1.165, 1.54) is 19.1 Å². The summed E-state index contributed by atoms with van der Waals surface area (Å²) in [5, 5.41) is 8.67. The molecule has 0 amide bonds. The highest BCUT2D eigenvalue weighted by molar-refractivity contribution is 9.10. The maximum absolute atomic E-state index is 11.8. The largest absolute Gasteiger partial charge is 0.481 e. The van der Waals surface area contributed by atoms with Gasteiger partial charge in [-0.05, 0) is 18.2 Å². The number of rotatable bonds is 4. The highest BCUT2D eigenvalue weighted by atomic mass is 79.9. The van der Waals surface area contributed by atoms with E-state index in [2.05, 4.69) is 15.9 Å². The average molecular weight is 307 g/mol. The number of sulfone groups is 1. The number of carbonyl (C=O) groups is 1. The van der Waals surface area contributed by atoms with Gasteiger partial charge in [-0.2, -0.15) is 0 Å². The summed E-state index contributed by atoms with van der Waals surface area (Å²) in [5.74, 6) is -2.42. The van der Waals surface area contributed by atoms with Gasteiger partial charge in [0, 0.05) is 4.47 Å². The molecule has 0 bridgehead atoms. The Bertz CT molecular complexity index is 495. The van der Waals surface area contributed by atoms with Crippen LogP contribution in [0.25, 0.3) is 0 Å². The van der Waals surface area contributed by atoms with Crippen molar-refractivity contribution in [2.24, 2.45) is 5.92 Å². The molecule has 1 aromatic carbocycles. The van der Waals surface area contributed by atoms with E-state index in [-0.39, 0.29) is 4.90 Å². The summed E-state index contributed by atoms with van der Waals surface area (Å²) in [6, 6.07) is 6.22. The zero-order chi connectivity index (χ0) is 12.3. The fraction of sp³-hybridized carbons (Fsp3) is 0.300. The molecule has 0 fully saturated rings. The van der Waals surface area contributed by atoms with Gasteiger partial charge in [0.05, 0.1) is 16.6 Å². The van der Waals surface area contributed by atoms with Gasteiger partial charge in [0.25, 0.3) is 0 Å². The molecule has 0 aliphatic heterocycles. The van der Waals surface area contributed by atoms with Gasteiger partial charge in [-0.15, -0.1) is 0 Å². The van der Waals surface area contributed by atoms with E-state index in [1.807, 2.05) is 0 Å². The summed E-state index contributed by atoms with van der Waals surface area (Å²) in [5.41, 5.74) is 0. The molecule has 0 saturated heterocycles. The lowest BCUT2D eigenvalue weighted by atomic mass is 10.2. The fourth-order valence-electron chi connectivity index (χ4n) is 1.16. The van der Waals surface area contributed by atoms with Crippen molar-refractivity contribution in [3.63, 3.8) is 0 Å². The molecule has 1 unspecified atom stereocenters. The second-order valence-electron chi connectivity index (χ2n) is 3.48.